The number of carbonyl (C=O) groups is 1. The predicted octanol–water partition coefficient (Wildman–Crippen LogP) is 7.31. The van der Waals surface area contributed by atoms with Gasteiger partial charge >= 0.3 is 5.97 Å². The molecule has 4 nitrogen and oxygen atoms in total. The van der Waals surface area contributed by atoms with Crippen LogP contribution in [0.2, 0.25) is 10.0 Å². The molecule has 0 radical (unpaired) electrons. The molecule has 0 bridgehead atoms. The van der Waals surface area contributed by atoms with E-state index < -0.39 is 5.97 Å². The van der Waals surface area contributed by atoms with Gasteiger partial charge < -0.3 is 14.9 Å². The second-order valence-electron chi connectivity index (χ2n) is 7.46. The molecule has 2 N–H and O–H groups in total. The van der Waals surface area contributed by atoms with Crippen molar-refractivity contribution in [3.05, 3.63) is 68.2 Å². The summed E-state index contributed by atoms with van der Waals surface area (Å²) in [4.78, 5) is 11.8. The van der Waals surface area contributed by atoms with Crippen LogP contribution in [-0.4, -0.2) is 16.2 Å². The van der Waals surface area contributed by atoms with Crippen molar-refractivity contribution in [2.24, 2.45) is 0 Å². The summed E-state index contributed by atoms with van der Waals surface area (Å²) in [6.07, 6.45) is -0.194. The molecule has 0 saturated heterocycles. The summed E-state index contributed by atoms with van der Waals surface area (Å²) in [5.74, 6) is -0.215. The van der Waals surface area contributed by atoms with Gasteiger partial charge in [0.1, 0.15) is 11.5 Å². The maximum Gasteiger partial charge on any atom is 0.307 e. The van der Waals surface area contributed by atoms with Crippen molar-refractivity contribution >= 4 is 41.8 Å². The van der Waals surface area contributed by atoms with Crippen LogP contribution < -0.4 is 4.74 Å². The number of benzene rings is 3. The molecule has 31 heavy (non-hydrogen) atoms. The largest absolute Gasteiger partial charge is 0.507 e. The fourth-order valence-corrected chi connectivity index (χ4v) is 4.50. The molecule has 0 unspecified atom stereocenters. The zero-order valence-electron chi connectivity index (χ0n) is 17.5. The fourth-order valence-electron chi connectivity index (χ4n) is 3.61. The van der Waals surface area contributed by atoms with Gasteiger partial charge in [0.15, 0.2) is 5.75 Å². The molecule has 0 amide bonds. The molecule has 3 aromatic rings. The van der Waals surface area contributed by atoms with Crippen LogP contribution in [0.5, 0.6) is 17.2 Å². The van der Waals surface area contributed by atoms with Gasteiger partial charge in [-0.15, -0.1) is 12.6 Å². The molecule has 3 rings (SSSR count). The van der Waals surface area contributed by atoms with Gasteiger partial charge in [-0.25, -0.2) is 0 Å². The molecule has 0 aliphatic heterocycles. The maximum atomic E-state index is 10.9. The lowest BCUT2D eigenvalue weighted by molar-refractivity contribution is -0.136. The van der Waals surface area contributed by atoms with Crippen LogP contribution in [-0.2, 0) is 11.2 Å². The zero-order chi connectivity index (χ0) is 23.0. The highest BCUT2D eigenvalue weighted by Crippen LogP contribution is 2.43. The number of phenolic OH excluding ortho intramolecular Hbond substituents is 1. The van der Waals surface area contributed by atoms with Crippen LogP contribution in [0.3, 0.4) is 0 Å². The Hall–Kier alpha value is -2.34. The number of aliphatic carboxylic acids is 1. The number of carboxylic acid groups (broad SMARTS) is 1. The standard InChI is InChI=1S/C24H22Cl2O4S/c1-11-12(2)22(14(4)24(31)13(11)3)17-10-16(5-6-20(17)27)30-23-18(25)7-15(8-19(23)26)9-21(28)29/h5-8,10,27,31H,9H2,1-4H3,(H,28,29). The molecule has 7 heteroatoms. The van der Waals surface area contributed by atoms with Crippen molar-refractivity contribution in [2.75, 3.05) is 0 Å². The van der Waals surface area contributed by atoms with Crippen molar-refractivity contribution in [3.8, 4) is 28.4 Å². The topological polar surface area (TPSA) is 66.8 Å². The van der Waals surface area contributed by atoms with Gasteiger partial charge in [-0.3, -0.25) is 4.79 Å². The highest BCUT2D eigenvalue weighted by atomic mass is 35.5. The minimum Gasteiger partial charge on any atom is -0.507 e. The highest BCUT2D eigenvalue weighted by molar-refractivity contribution is 7.80. The van der Waals surface area contributed by atoms with E-state index in [0.29, 0.717) is 16.9 Å². The SMILES string of the molecule is Cc1c(C)c(S)c(C)c(-c2cc(Oc3c(Cl)cc(CC(=O)O)cc3Cl)ccc2O)c1C. The first-order valence-corrected chi connectivity index (χ1v) is 10.7. The van der Waals surface area contributed by atoms with E-state index in [2.05, 4.69) is 12.6 Å². The summed E-state index contributed by atoms with van der Waals surface area (Å²) in [6.45, 7) is 8.04. The maximum absolute atomic E-state index is 10.9. The van der Waals surface area contributed by atoms with Gasteiger partial charge in [0.25, 0.3) is 0 Å². The Morgan fingerprint density at radius 2 is 1.58 bits per heavy atom. The van der Waals surface area contributed by atoms with E-state index in [9.17, 15) is 9.90 Å². The second kappa shape index (κ2) is 9.03. The Labute approximate surface area is 196 Å². The van der Waals surface area contributed by atoms with E-state index in [4.69, 9.17) is 33.0 Å². The first-order valence-electron chi connectivity index (χ1n) is 9.51. The molecule has 0 heterocycles. The molecule has 3 aromatic carbocycles. The minimum absolute atomic E-state index is 0.114. The van der Waals surface area contributed by atoms with Gasteiger partial charge in [0.05, 0.1) is 16.5 Å². The molecule has 0 aromatic heterocycles. The summed E-state index contributed by atoms with van der Waals surface area (Å²) < 4.78 is 5.94. The van der Waals surface area contributed by atoms with E-state index in [-0.39, 0.29) is 28.0 Å². The molecule has 162 valence electrons. The predicted molar refractivity (Wildman–Crippen MR) is 128 cm³/mol. The lowest BCUT2D eigenvalue weighted by Gasteiger charge is -2.20. The number of halogens is 2. The van der Waals surface area contributed by atoms with Gasteiger partial charge in [-0.1, -0.05) is 23.2 Å². The first kappa shape index (κ1) is 23.3. The number of thiol groups is 1. The number of hydrogen-bond acceptors (Lipinski definition) is 4. The highest BCUT2D eigenvalue weighted by Gasteiger charge is 2.19. The Bertz CT molecular complexity index is 1150. The van der Waals surface area contributed by atoms with Gasteiger partial charge in [0.2, 0.25) is 0 Å². The third-order valence-electron chi connectivity index (χ3n) is 5.46. The van der Waals surface area contributed by atoms with Crippen molar-refractivity contribution in [1.29, 1.82) is 0 Å². The molecule has 0 aliphatic carbocycles. The smallest absolute Gasteiger partial charge is 0.307 e. The number of carboxylic acids is 1. The van der Waals surface area contributed by atoms with Crippen molar-refractivity contribution in [1.82, 2.24) is 0 Å². The third kappa shape index (κ3) is 4.64. The molecular formula is C24H22Cl2O4S. The van der Waals surface area contributed by atoms with Crippen molar-refractivity contribution in [3.63, 3.8) is 0 Å². The molecule has 0 fully saturated rings. The molecule has 0 spiro atoms. The second-order valence-corrected chi connectivity index (χ2v) is 8.73. The minimum atomic E-state index is -0.980. The summed E-state index contributed by atoms with van der Waals surface area (Å²) >= 11 is 17.3. The number of aromatic hydroxyl groups is 1. The summed E-state index contributed by atoms with van der Waals surface area (Å²) in [7, 11) is 0. The van der Waals surface area contributed by atoms with Gasteiger partial charge in [0, 0.05) is 10.5 Å². The van der Waals surface area contributed by atoms with E-state index in [1.165, 1.54) is 12.1 Å². The Morgan fingerprint density at radius 3 is 2.16 bits per heavy atom. The fraction of sp³-hybridized carbons (Fsp3) is 0.208. The van der Waals surface area contributed by atoms with Crippen molar-refractivity contribution in [2.45, 2.75) is 39.0 Å². The van der Waals surface area contributed by atoms with Crippen molar-refractivity contribution < 1.29 is 19.7 Å². The van der Waals surface area contributed by atoms with Crippen LogP contribution in [0.15, 0.2) is 35.2 Å². The van der Waals surface area contributed by atoms with Crippen LogP contribution in [0.25, 0.3) is 11.1 Å². The van der Waals surface area contributed by atoms with E-state index in [1.807, 2.05) is 27.7 Å². The summed E-state index contributed by atoms with van der Waals surface area (Å²) in [6, 6.07) is 7.93. The van der Waals surface area contributed by atoms with Gasteiger partial charge in [-0.2, -0.15) is 0 Å². The molecule has 0 saturated carbocycles. The van der Waals surface area contributed by atoms with Crippen LogP contribution >= 0.6 is 35.8 Å². The number of ether oxygens (including phenoxy) is 1. The first-order chi connectivity index (χ1) is 14.5. The molecule has 0 aliphatic rings. The average Bonchev–Trinajstić information content (AvgIpc) is 2.69. The lowest BCUT2D eigenvalue weighted by Crippen LogP contribution is -2.00. The van der Waals surface area contributed by atoms with E-state index in [0.717, 1.165) is 32.7 Å². The number of hydrogen-bond donors (Lipinski definition) is 3. The number of rotatable bonds is 5. The number of phenols is 1. The lowest BCUT2D eigenvalue weighted by atomic mass is 9.89. The monoisotopic (exact) mass is 476 g/mol. The Kier molecular flexibility index (Phi) is 6.79. The molecular weight excluding hydrogens is 455 g/mol. The van der Waals surface area contributed by atoms with Crippen LogP contribution in [0, 0.1) is 27.7 Å². The van der Waals surface area contributed by atoms with Gasteiger partial charge in [-0.05, 0) is 91.4 Å². The summed E-state index contributed by atoms with van der Waals surface area (Å²) in [5, 5.41) is 20.0. The quantitative estimate of drug-likeness (QED) is 0.337. The van der Waals surface area contributed by atoms with E-state index >= 15 is 0 Å². The Balaban J connectivity index is 2.08. The zero-order valence-corrected chi connectivity index (χ0v) is 19.9. The summed E-state index contributed by atoms with van der Waals surface area (Å²) in [5.41, 5.74) is 6.21. The van der Waals surface area contributed by atoms with E-state index in [1.54, 1.807) is 18.2 Å². The average molecular weight is 477 g/mol. The van der Waals surface area contributed by atoms with Crippen LogP contribution in [0.4, 0.5) is 0 Å². The third-order valence-corrected chi connectivity index (χ3v) is 6.69. The molecule has 0 atom stereocenters. The Morgan fingerprint density at radius 1 is 0.968 bits per heavy atom. The van der Waals surface area contributed by atoms with Crippen LogP contribution in [0.1, 0.15) is 27.8 Å². The normalized spacial score (nSPS) is 10.9.